The SMILES string of the molecule is N#CC1(NC(=O)CSc2nc3ccccc3c(=O)n2-c2ccc(Cl)cc2)CCCC1. The van der Waals surface area contributed by atoms with Crippen LogP contribution in [0, 0.1) is 11.3 Å². The number of amides is 1. The van der Waals surface area contributed by atoms with Gasteiger partial charge in [-0.2, -0.15) is 5.26 Å². The summed E-state index contributed by atoms with van der Waals surface area (Å²) in [5.74, 6) is -0.185. The summed E-state index contributed by atoms with van der Waals surface area (Å²) in [6.07, 6.45) is 3.21. The third-order valence-corrected chi connectivity index (χ3v) is 6.40. The van der Waals surface area contributed by atoms with Gasteiger partial charge >= 0.3 is 0 Å². The van der Waals surface area contributed by atoms with Crippen LogP contribution in [0.2, 0.25) is 5.02 Å². The summed E-state index contributed by atoms with van der Waals surface area (Å²) >= 11 is 7.17. The van der Waals surface area contributed by atoms with Crippen LogP contribution in [0.1, 0.15) is 25.7 Å². The van der Waals surface area contributed by atoms with Crippen molar-refractivity contribution < 1.29 is 4.79 Å². The minimum absolute atomic E-state index is 0.0573. The van der Waals surface area contributed by atoms with Gasteiger partial charge in [-0.1, -0.05) is 35.5 Å². The van der Waals surface area contributed by atoms with Crippen molar-refractivity contribution in [1.82, 2.24) is 14.9 Å². The number of nitrogens with one attached hydrogen (secondary N) is 1. The van der Waals surface area contributed by atoms with E-state index in [2.05, 4.69) is 16.4 Å². The van der Waals surface area contributed by atoms with E-state index in [1.54, 1.807) is 42.5 Å². The van der Waals surface area contributed by atoms with Crippen molar-refractivity contribution in [3.8, 4) is 11.8 Å². The fourth-order valence-corrected chi connectivity index (χ4v) is 4.64. The Labute approximate surface area is 182 Å². The lowest BCUT2D eigenvalue weighted by Crippen LogP contribution is -2.45. The Morgan fingerprint density at radius 2 is 1.90 bits per heavy atom. The first kappa shape index (κ1) is 20.5. The molecule has 1 fully saturated rings. The third-order valence-electron chi connectivity index (χ3n) is 5.21. The van der Waals surface area contributed by atoms with E-state index in [1.165, 1.54) is 16.3 Å². The highest BCUT2D eigenvalue weighted by Crippen LogP contribution is 2.29. The lowest BCUT2D eigenvalue weighted by molar-refractivity contribution is -0.119. The van der Waals surface area contributed by atoms with Crippen LogP contribution in [0.15, 0.2) is 58.5 Å². The predicted octanol–water partition coefficient (Wildman–Crippen LogP) is 4.08. The van der Waals surface area contributed by atoms with Crippen LogP contribution in [0.3, 0.4) is 0 Å². The van der Waals surface area contributed by atoms with Crippen molar-refractivity contribution in [2.24, 2.45) is 0 Å². The number of aromatic nitrogens is 2. The maximum Gasteiger partial charge on any atom is 0.266 e. The lowest BCUT2D eigenvalue weighted by Gasteiger charge is -2.22. The molecule has 2 aromatic carbocycles. The number of hydrogen-bond acceptors (Lipinski definition) is 5. The van der Waals surface area contributed by atoms with E-state index < -0.39 is 5.54 Å². The van der Waals surface area contributed by atoms with E-state index in [1.807, 2.05) is 6.07 Å². The van der Waals surface area contributed by atoms with Crippen LogP contribution in [-0.2, 0) is 4.79 Å². The molecular formula is C22H19ClN4O2S. The Kier molecular flexibility index (Phi) is 5.80. The Hall–Kier alpha value is -2.82. The standard InChI is InChI=1S/C22H19ClN4O2S/c23-15-7-9-16(10-8-15)27-20(29)17-5-1-2-6-18(17)25-21(27)30-13-19(28)26-22(14-24)11-3-4-12-22/h1-2,5-10H,3-4,11-13H2,(H,26,28). The van der Waals surface area contributed by atoms with Gasteiger partial charge in [0.15, 0.2) is 5.16 Å². The number of hydrogen-bond donors (Lipinski definition) is 1. The zero-order valence-corrected chi connectivity index (χ0v) is 17.7. The second kappa shape index (κ2) is 8.50. The fourth-order valence-electron chi connectivity index (χ4n) is 3.70. The molecule has 0 bridgehead atoms. The summed E-state index contributed by atoms with van der Waals surface area (Å²) in [6.45, 7) is 0. The van der Waals surface area contributed by atoms with E-state index in [9.17, 15) is 14.9 Å². The molecule has 1 heterocycles. The summed E-state index contributed by atoms with van der Waals surface area (Å²) in [5.41, 5.74) is 0.203. The first-order valence-electron chi connectivity index (χ1n) is 9.64. The maximum absolute atomic E-state index is 13.2. The average Bonchev–Trinajstić information content (AvgIpc) is 3.22. The topological polar surface area (TPSA) is 87.8 Å². The van der Waals surface area contributed by atoms with Gasteiger partial charge in [0.25, 0.3) is 5.56 Å². The second-order valence-electron chi connectivity index (χ2n) is 7.27. The molecule has 0 radical (unpaired) electrons. The molecule has 3 aromatic rings. The number of para-hydroxylation sites is 1. The van der Waals surface area contributed by atoms with Gasteiger partial charge in [0.2, 0.25) is 5.91 Å². The molecule has 1 N–H and O–H groups in total. The normalized spacial score (nSPS) is 15.1. The van der Waals surface area contributed by atoms with Crippen molar-refractivity contribution in [2.45, 2.75) is 36.4 Å². The number of carbonyl (C=O) groups is 1. The minimum atomic E-state index is -0.774. The summed E-state index contributed by atoms with van der Waals surface area (Å²) in [6, 6.07) is 16.3. The molecule has 1 amide bonds. The monoisotopic (exact) mass is 438 g/mol. The Morgan fingerprint density at radius 1 is 1.20 bits per heavy atom. The highest BCUT2D eigenvalue weighted by molar-refractivity contribution is 7.99. The van der Waals surface area contributed by atoms with E-state index in [0.717, 1.165) is 12.8 Å². The molecule has 0 atom stereocenters. The molecule has 1 saturated carbocycles. The molecule has 1 aliphatic rings. The zero-order valence-electron chi connectivity index (χ0n) is 16.1. The molecular weight excluding hydrogens is 420 g/mol. The lowest BCUT2D eigenvalue weighted by atomic mass is 10.0. The third kappa shape index (κ3) is 4.07. The van der Waals surface area contributed by atoms with Crippen molar-refractivity contribution in [2.75, 3.05) is 5.75 Å². The number of nitrogens with zero attached hydrogens (tertiary/aromatic N) is 3. The molecule has 0 saturated heterocycles. The Balaban J connectivity index is 1.66. The fraction of sp³-hybridized carbons (Fsp3) is 0.273. The van der Waals surface area contributed by atoms with Crippen LogP contribution in [0.25, 0.3) is 16.6 Å². The van der Waals surface area contributed by atoms with E-state index in [0.29, 0.717) is 39.6 Å². The van der Waals surface area contributed by atoms with Gasteiger partial charge < -0.3 is 5.32 Å². The molecule has 0 unspecified atom stereocenters. The number of carbonyl (C=O) groups excluding carboxylic acids is 1. The molecule has 0 spiro atoms. The molecule has 1 aromatic heterocycles. The molecule has 1 aliphatic carbocycles. The predicted molar refractivity (Wildman–Crippen MR) is 118 cm³/mol. The number of benzene rings is 2. The largest absolute Gasteiger partial charge is 0.337 e. The van der Waals surface area contributed by atoms with Crippen molar-refractivity contribution in [1.29, 1.82) is 5.26 Å². The van der Waals surface area contributed by atoms with Crippen LogP contribution in [0.4, 0.5) is 0 Å². The highest BCUT2D eigenvalue weighted by Gasteiger charge is 2.35. The minimum Gasteiger partial charge on any atom is -0.337 e. The van der Waals surface area contributed by atoms with Gasteiger partial charge in [-0.05, 0) is 62.1 Å². The number of nitriles is 1. The van der Waals surface area contributed by atoms with E-state index in [-0.39, 0.29) is 17.2 Å². The van der Waals surface area contributed by atoms with Gasteiger partial charge in [-0.25, -0.2) is 4.98 Å². The van der Waals surface area contributed by atoms with Crippen molar-refractivity contribution in [3.05, 3.63) is 63.9 Å². The first-order chi connectivity index (χ1) is 14.5. The zero-order chi connectivity index (χ0) is 21.1. The maximum atomic E-state index is 13.2. The van der Waals surface area contributed by atoms with E-state index in [4.69, 9.17) is 11.6 Å². The first-order valence-corrected chi connectivity index (χ1v) is 11.0. The smallest absolute Gasteiger partial charge is 0.266 e. The summed E-state index contributed by atoms with van der Waals surface area (Å²) in [7, 11) is 0. The van der Waals surface area contributed by atoms with Gasteiger partial charge in [0, 0.05) is 5.02 Å². The summed E-state index contributed by atoms with van der Waals surface area (Å²) in [4.78, 5) is 30.4. The number of rotatable bonds is 5. The second-order valence-corrected chi connectivity index (χ2v) is 8.65. The van der Waals surface area contributed by atoms with Crippen LogP contribution in [-0.4, -0.2) is 26.8 Å². The molecule has 0 aliphatic heterocycles. The Bertz CT molecular complexity index is 1190. The van der Waals surface area contributed by atoms with Crippen LogP contribution < -0.4 is 10.9 Å². The molecule has 4 rings (SSSR count). The highest BCUT2D eigenvalue weighted by atomic mass is 35.5. The number of fused-ring (bicyclic) bond motifs is 1. The van der Waals surface area contributed by atoms with E-state index >= 15 is 0 Å². The van der Waals surface area contributed by atoms with Gasteiger partial charge in [0.05, 0.1) is 28.4 Å². The van der Waals surface area contributed by atoms with Crippen molar-refractivity contribution >= 4 is 40.2 Å². The number of halogens is 1. The van der Waals surface area contributed by atoms with Gasteiger partial charge in [0.1, 0.15) is 5.54 Å². The van der Waals surface area contributed by atoms with Crippen LogP contribution in [0.5, 0.6) is 0 Å². The van der Waals surface area contributed by atoms with Crippen molar-refractivity contribution in [3.63, 3.8) is 0 Å². The van der Waals surface area contributed by atoms with Gasteiger partial charge in [-0.3, -0.25) is 14.2 Å². The Morgan fingerprint density at radius 3 is 2.60 bits per heavy atom. The van der Waals surface area contributed by atoms with Crippen LogP contribution >= 0.6 is 23.4 Å². The molecule has 8 heteroatoms. The number of thioether (sulfide) groups is 1. The summed E-state index contributed by atoms with van der Waals surface area (Å²) < 4.78 is 1.49. The molecule has 30 heavy (non-hydrogen) atoms. The molecule has 6 nitrogen and oxygen atoms in total. The average molecular weight is 439 g/mol. The van der Waals surface area contributed by atoms with Gasteiger partial charge in [-0.15, -0.1) is 0 Å². The summed E-state index contributed by atoms with van der Waals surface area (Å²) in [5, 5.41) is 13.8. The quantitative estimate of drug-likeness (QED) is 0.479. The molecule has 152 valence electrons.